The molecule has 0 aliphatic rings. The molecule has 0 spiro atoms. The second-order valence-corrected chi connectivity index (χ2v) is 5.84. The van der Waals surface area contributed by atoms with Crippen molar-refractivity contribution >= 4 is 27.5 Å². The van der Waals surface area contributed by atoms with Crippen LogP contribution in [0, 0.1) is 22.5 Å². The summed E-state index contributed by atoms with van der Waals surface area (Å²) in [6.45, 7) is 6.50. The Morgan fingerprint density at radius 2 is 2.00 bits per heavy atom. The second-order valence-electron chi connectivity index (χ2n) is 5.28. The van der Waals surface area contributed by atoms with E-state index in [1.54, 1.807) is 6.92 Å². The molecule has 1 N–H and O–H groups in total. The summed E-state index contributed by atoms with van der Waals surface area (Å²) in [4.78, 5) is 22.5. The maximum Gasteiger partial charge on any atom is 0.269 e. The summed E-state index contributed by atoms with van der Waals surface area (Å²) in [5.74, 6) is -0.186. The third-order valence-electron chi connectivity index (χ3n) is 4.07. The van der Waals surface area contributed by atoms with Gasteiger partial charge in [0.15, 0.2) is 0 Å². The largest absolute Gasteiger partial charge is 0.351 e. The van der Waals surface area contributed by atoms with E-state index in [0.717, 1.165) is 18.2 Å². The molecule has 0 heterocycles. The molecule has 0 saturated heterocycles. The van der Waals surface area contributed by atoms with E-state index in [0.29, 0.717) is 17.7 Å². The van der Waals surface area contributed by atoms with Crippen LogP contribution in [0.25, 0.3) is 0 Å². The first-order valence-corrected chi connectivity index (χ1v) is 8.10. The number of hydrogen-bond acceptors (Lipinski definition) is 3. The molecule has 0 aliphatic carbocycles. The Bertz CT molecular complexity index is 519. The Morgan fingerprint density at radius 1 is 1.38 bits per heavy atom. The van der Waals surface area contributed by atoms with Crippen molar-refractivity contribution in [3.63, 3.8) is 0 Å². The Hall–Kier alpha value is -1.43. The Balaban J connectivity index is 2.83. The predicted octanol–water partition coefficient (Wildman–Crippen LogP) is 3.83. The Morgan fingerprint density at radius 3 is 2.43 bits per heavy atom. The number of nitro benzene ring substituents is 1. The van der Waals surface area contributed by atoms with E-state index in [4.69, 9.17) is 0 Å². The highest BCUT2D eigenvalue weighted by Gasteiger charge is 2.26. The number of nitrogens with zero attached hydrogens (tertiary/aromatic N) is 1. The number of hydrogen-bond donors (Lipinski definition) is 1. The van der Waals surface area contributed by atoms with Crippen LogP contribution in [0.2, 0.25) is 0 Å². The van der Waals surface area contributed by atoms with E-state index in [1.165, 1.54) is 18.2 Å². The molecule has 0 saturated carbocycles. The fourth-order valence-corrected chi connectivity index (χ4v) is 3.11. The van der Waals surface area contributed by atoms with Crippen LogP contribution in [0.15, 0.2) is 18.2 Å². The van der Waals surface area contributed by atoms with Gasteiger partial charge in [0.1, 0.15) is 0 Å². The number of halogens is 1. The number of nitrogens with one attached hydrogen (secondary N) is 1. The summed E-state index contributed by atoms with van der Waals surface area (Å²) in [6.07, 6.45) is 1.93. The van der Waals surface area contributed by atoms with Gasteiger partial charge in [-0.25, -0.2) is 0 Å². The van der Waals surface area contributed by atoms with Crippen LogP contribution < -0.4 is 5.32 Å². The molecule has 1 aromatic carbocycles. The van der Waals surface area contributed by atoms with E-state index in [2.05, 4.69) is 35.1 Å². The molecule has 1 amide bonds. The molecular weight excluding hydrogens is 336 g/mol. The summed E-state index contributed by atoms with van der Waals surface area (Å²) >= 11 is 3.51. The number of carbonyl (C=O) groups excluding carboxylic acids is 1. The summed E-state index contributed by atoms with van der Waals surface area (Å²) in [7, 11) is 0. The minimum atomic E-state index is -0.460. The first-order valence-electron chi connectivity index (χ1n) is 6.98. The summed E-state index contributed by atoms with van der Waals surface area (Å²) in [6, 6.07) is 4.29. The molecule has 5 nitrogen and oxygen atoms in total. The third kappa shape index (κ3) is 4.27. The maximum absolute atomic E-state index is 12.2. The van der Waals surface area contributed by atoms with E-state index < -0.39 is 4.92 Å². The molecular formula is C15H21BrN2O3. The lowest BCUT2D eigenvalue weighted by atomic mass is 9.84. The van der Waals surface area contributed by atoms with E-state index in [-0.39, 0.29) is 17.0 Å². The van der Waals surface area contributed by atoms with Gasteiger partial charge in [-0.2, -0.15) is 0 Å². The normalized spacial score (nSPS) is 11.2. The number of amides is 1. The molecule has 1 rings (SSSR count). The third-order valence-corrected chi connectivity index (χ3v) is 5.26. The summed E-state index contributed by atoms with van der Waals surface area (Å²) in [5.41, 5.74) is 1.14. The molecule has 0 radical (unpaired) electrons. The van der Waals surface area contributed by atoms with Crippen molar-refractivity contribution in [2.75, 3.05) is 11.9 Å². The van der Waals surface area contributed by atoms with Gasteiger partial charge >= 0.3 is 0 Å². The van der Waals surface area contributed by atoms with Crippen molar-refractivity contribution in [3.05, 3.63) is 39.4 Å². The minimum Gasteiger partial charge on any atom is -0.351 e. The first kappa shape index (κ1) is 17.6. The van der Waals surface area contributed by atoms with Gasteiger partial charge in [0.05, 0.1) is 4.92 Å². The number of non-ortho nitro benzene ring substituents is 1. The van der Waals surface area contributed by atoms with E-state index >= 15 is 0 Å². The van der Waals surface area contributed by atoms with Gasteiger partial charge in [0, 0.05) is 29.6 Å². The Labute approximate surface area is 133 Å². The molecule has 0 bridgehead atoms. The first-order chi connectivity index (χ1) is 9.89. The van der Waals surface area contributed by atoms with Gasteiger partial charge < -0.3 is 5.32 Å². The average Bonchev–Trinajstić information content (AvgIpc) is 2.48. The summed E-state index contributed by atoms with van der Waals surface area (Å²) < 4.78 is 0. The maximum atomic E-state index is 12.2. The number of alkyl halides is 1. The van der Waals surface area contributed by atoms with Crippen LogP contribution in [0.3, 0.4) is 0 Å². The number of rotatable bonds is 7. The van der Waals surface area contributed by atoms with Gasteiger partial charge in [-0.15, -0.1) is 0 Å². The fourth-order valence-electron chi connectivity index (χ4n) is 2.12. The molecule has 0 aliphatic heterocycles. The van der Waals surface area contributed by atoms with Gasteiger partial charge in [0.2, 0.25) is 0 Å². The minimum absolute atomic E-state index is 0.000899. The van der Waals surface area contributed by atoms with Gasteiger partial charge in [-0.3, -0.25) is 14.9 Å². The zero-order chi connectivity index (χ0) is 16.0. The van der Waals surface area contributed by atoms with Crippen molar-refractivity contribution < 1.29 is 9.72 Å². The van der Waals surface area contributed by atoms with Crippen LogP contribution in [0.1, 0.15) is 42.6 Å². The number of nitro groups is 1. The molecule has 0 atom stereocenters. The predicted molar refractivity (Wildman–Crippen MR) is 87.0 cm³/mol. The molecule has 0 aromatic heterocycles. The second kappa shape index (κ2) is 7.54. The quantitative estimate of drug-likeness (QED) is 0.458. The molecule has 116 valence electrons. The van der Waals surface area contributed by atoms with Crippen LogP contribution in [-0.4, -0.2) is 22.7 Å². The van der Waals surface area contributed by atoms with Crippen LogP contribution in [-0.2, 0) is 0 Å². The van der Waals surface area contributed by atoms with E-state index in [9.17, 15) is 14.9 Å². The highest BCUT2D eigenvalue weighted by molar-refractivity contribution is 9.09. The highest BCUT2D eigenvalue weighted by atomic mass is 79.9. The average molecular weight is 357 g/mol. The standard InChI is InChI=1S/C15H21BrN2O3/c1-4-15(5-2,9-16)10-17-14(19)13-7-6-12(18(20)21)8-11(13)3/h6-8H,4-5,9-10H2,1-3H3,(H,17,19). The van der Waals surface area contributed by atoms with Crippen molar-refractivity contribution in [2.24, 2.45) is 5.41 Å². The van der Waals surface area contributed by atoms with E-state index in [1.807, 2.05) is 0 Å². The van der Waals surface area contributed by atoms with Gasteiger partial charge in [-0.05, 0) is 36.8 Å². The van der Waals surface area contributed by atoms with Crippen LogP contribution >= 0.6 is 15.9 Å². The zero-order valence-corrected chi connectivity index (χ0v) is 14.2. The highest BCUT2D eigenvalue weighted by Crippen LogP contribution is 2.28. The Kier molecular flexibility index (Phi) is 6.33. The SMILES string of the molecule is CCC(CC)(CBr)CNC(=O)c1ccc([N+](=O)[O-])cc1C. The lowest BCUT2D eigenvalue weighted by Gasteiger charge is -2.29. The molecule has 21 heavy (non-hydrogen) atoms. The zero-order valence-electron chi connectivity index (χ0n) is 12.6. The van der Waals surface area contributed by atoms with Gasteiger partial charge in [-0.1, -0.05) is 29.8 Å². The topological polar surface area (TPSA) is 72.2 Å². The molecule has 0 unspecified atom stereocenters. The smallest absolute Gasteiger partial charge is 0.269 e. The van der Waals surface area contributed by atoms with Crippen molar-refractivity contribution in [1.29, 1.82) is 0 Å². The van der Waals surface area contributed by atoms with Crippen LogP contribution in [0.4, 0.5) is 5.69 Å². The molecule has 6 heteroatoms. The molecule has 0 fully saturated rings. The van der Waals surface area contributed by atoms with Crippen molar-refractivity contribution in [2.45, 2.75) is 33.6 Å². The van der Waals surface area contributed by atoms with Crippen molar-refractivity contribution in [1.82, 2.24) is 5.32 Å². The number of carbonyl (C=O) groups is 1. The lowest BCUT2D eigenvalue weighted by Crippen LogP contribution is -2.38. The molecule has 1 aromatic rings. The number of aryl methyl sites for hydroxylation is 1. The summed E-state index contributed by atoms with van der Waals surface area (Å²) in [5, 5.41) is 14.5. The number of benzene rings is 1. The van der Waals surface area contributed by atoms with Gasteiger partial charge in [0.25, 0.3) is 11.6 Å². The fraction of sp³-hybridized carbons (Fsp3) is 0.533. The van der Waals surface area contributed by atoms with Crippen molar-refractivity contribution in [3.8, 4) is 0 Å². The lowest BCUT2D eigenvalue weighted by molar-refractivity contribution is -0.384. The monoisotopic (exact) mass is 356 g/mol. The van der Waals surface area contributed by atoms with Crippen LogP contribution in [0.5, 0.6) is 0 Å².